The Labute approximate surface area is 149 Å². The number of fused-ring (bicyclic) bond motifs is 2. The number of methoxy groups -OCH3 is 1. The number of rotatable bonds is 3. The standard InChI is InChI=1S/C21H17NO4/c1-11-8-13(25-3)9-15-16(21(23)24)10-17(22-19(11)15)20-12(2)14-6-4-5-7-18(14)26-20/h4-10H,1-3H3,(H,23,24). The number of hydrogen-bond donors (Lipinski definition) is 1. The first kappa shape index (κ1) is 16.1. The molecular weight excluding hydrogens is 330 g/mol. The molecule has 0 saturated heterocycles. The van der Waals surface area contributed by atoms with Gasteiger partial charge in [0, 0.05) is 16.3 Å². The van der Waals surface area contributed by atoms with Crippen LogP contribution in [-0.2, 0) is 0 Å². The molecule has 4 aromatic rings. The van der Waals surface area contributed by atoms with Crippen LogP contribution < -0.4 is 4.74 Å². The molecule has 0 aliphatic carbocycles. The Kier molecular flexibility index (Phi) is 3.65. The summed E-state index contributed by atoms with van der Waals surface area (Å²) in [5.41, 5.74) is 3.85. The zero-order valence-electron chi connectivity index (χ0n) is 14.7. The Morgan fingerprint density at radius 3 is 2.58 bits per heavy atom. The van der Waals surface area contributed by atoms with E-state index in [0.717, 1.165) is 22.1 Å². The summed E-state index contributed by atoms with van der Waals surface area (Å²) in [5.74, 6) is 0.179. The number of carbonyl (C=O) groups is 1. The molecule has 0 aliphatic rings. The number of aryl methyl sites for hydroxylation is 2. The van der Waals surface area contributed by atoms with Gasteiger partial charge in [0.2, 0.25) is 0 Å². The van der Waals surface area contributed by atoms with E-state index in [-0.39, 0.29) is 5.56 Å². The molecule has 0 atom stereocenters. The van der Waals surface area contributed by atoms with Gasteiger partial charge in [0.1, 0.15) is 17.0 Å². The van der Waals surface area contributed by atoms with Crippen molar-refractivity contribution in [3.63, 3.8) is 0 Å². The first-order valence-corrected chi connectivity index (χ1v) is 8.20. The van der Waals surface area contributed by atoms with Gasteiger partial charge in [-0.3, -0.25) is 0 Å². The van der Waals surface area contributed by atoms with Crippen LogP contribution in [0.15, 0.2) is 46.9 Å². The van der Waals surface area contributed by atoms with Gasteiger partial charge in [0.05, 0.1) is 18.2 Å². The fraction of sp³-hybridized carbons (Fsp3) is 0.143. The number of carboxylic acid groups (broad SMARTS) is 1. The van der Waals surface area contributed by atoms with Crippen molar-refractivity contribution in [3.05, 3.63) is 59.2 Å². The minimum atomic E-state index is -1.01. The van der Waals surface area contributed by atoms with E-state index in [1.807, 2.05) is 44.2 Å². The first-order valence-electron chi connectivity index (χ1n) is 8.20. The molecule has 0 saturated carbocycles. The number of ether oxygens (including phenoxy) is 1. The van der Waals surface area contributed by atoms with Crippen molar-refractivity contribution in [2.75, 3.05) is 7.11 Å². The summed E-state index contributed by atoms with van der Waals surface area (Å²) in [6.45, 7) is 3.84. The quantitative estimate of drug-likeness (QED) is 0.566. The number of furan rings is 1. The number of carboxylic acids is 1. The molecule has 2 aromatic heterocycles. The molecule has 0 aliphatic heterocycles. The molecule has 1 N–H and O–H groups in total. The fourth-order valence-electron chi connectivity index (χ4n) is 3.30. The molecule has 5 nitrogen and oxygen atoms in total. The molecule has 4 rings (SSSR count). The molecule has 0 radical (unpaired) electrons. The van der Waals surface area contributed by atoms with Crippen molar-refractivity contribution in [1.29, 1.82) is 0 Å². The molecule has 0 unspecified atom stereocenters. The molecule has 2 aromatic carbocycles. The maximum absolute atomic E-state index is 11.9. The third-order valence-corrected chi connectivity index (χ3v) is 4.62. The van der Waals surface area contributed by atoms with E-state index >= 15 is 0 Å². The maximum Gasteiger partial charge on any atom is 0.336 e. The maximum atomic E-state index is 11.9. The van der Waals surface area contributed by atoms with Crippen molar-refractivity contribution < 1.29 is 19.1 Å². The number of aromatic carboxylic acids is 1. The summed E-state index contributed by atoms with van der Waals surface area (Å²) in [5, 5.41) is 11.3. The van der Waals surface area contributed by atoms with Crippen LogP contribution in [0, 0.1) is 13.8 Å². The number of hydrogen-bond acceptors (Lipinski definition) is 4. The first-order chi connectivity index (χ1) is 12.5. The molecule has 5 heteroatoms. The van der Waals surface area contributed by atoms with Gasteiger partial charge in [-0.1, -0.05) is 18.2 Å². The molecule has 0 amide bonds. The second-order valence-electron chi connectivity index (χ2n) is 6.25. The largest absolute Gasteiger partial charge is 0.497 e. The normalized spacial score (nSPS) is 11.2. The number of pyridine rings is 1. The number of para-hydroxylation sites is 1. The fourth-order valence-corrected chi connectivity index (χ4v) is 3.30. The van der Waals surface area contributed by atoms with Gasteiger partial charge in [-0.05, 0) is 43.7 Å². The Morgan fingerprint density at radius 2 is 1.88 bits per heavy atom. The van der Waals surface area contributed by atoms with Crippen LogP contribution in [0.25, 0.3) is 33.3 Å². The van der Waals surface area contributed by atoms with Crippen LogP contribution >= 0.6 is 0 Å². The van der Waals surface area contributed by atoms with E-state index in [4.69, 9.17) is 14.1 Å². The van der Waals surface area contributed by atoms with Gasteiger partial charge in [-0.2, -0.15) is 0 Å². The van der Waals surface area contributed by atoms with Crippen LogP contribution in [0.3, 0.4) is 0 Å². The smallest absolute Gasteiger partial charge is 0.336 e. The van der Waals surface area contributed by atoms with Gasteiger partial charge in [0.25, 0.3) is 0 Å². The molecule has 26 heavy (non-hydrogen) atoms. The molecule has 130 valence electrons. The van der Waals surface area contributed by atoms with Crippen molar-refractivity contribution in [2.24, 2.45) is 0 Å². The Hall–Kier alpha value is -3.34. The van der Waals surface area contributed by atoms with Gasteiger partial charge in [-0.25, -0.2) is 9.78 Å². The van der Waals surface area contributed by atoms with Crippen LogP contribution in [0.2, 0.25) is 0 Å². The Balaban J connectivity index is 2.06. The summed E-state index contributed by atoms with van der Waals surface area (Å²) in [6, 6.07) is 12.8. The SMILES string of the molecule is COc1cc(C)c2nc(-c3oc4ccccc4c3C)cc(C(=O)O)c2c1. The number of benzene rings is 2. The highest BCUT2D eigenvalue weighted by Gasteiger charge is 2.19. The predicted octanol–water partition coefficient (Wildman–Crippen LogP) is 4.97. The van der Waals surface area contributed by atoms with Crippen LogP contribution in [-0.4, -0.2) is 23.2 Å². The molecule has 2 heterocycles. The van der Waals surface area contributed by atoms with Gasteiger partial charge < -0.3 is 14.3 Å². The van der Waals surface area contributed by atoms with Gasteiger partial charge >= 0.3 is 5.97 Å². The van der Waals surface area contributed by atoms with Crippen LogP contribution in [0.5, 0.6) is 5.75 Å². The summed E-state index contributed by atoms with van der Waals surface area (Å²) < 4.78 is 11.2. The second kappa shape index (κ2) is 5.88. The highest BCUT2D eigenvalue weighted by atomic mass is 16.5. The average molecular weight is 347 g/mol. The van der Waals surface area contributed by atoms with Crippen LogP contribution in [0.4, 0.5) is 0 Å². The van der Waals surface area contributed by atoms with Crippen molar-refractivity contribution in [2.45, 2.75) is 13.8 Å². The highest BCUT2D eigenvalue weighted by Crippen LogP contribution is 2.35. The van der Waals surface area contributed by atoms with E-state index < -0.39 is 5.97 Å². The number of nitrogens with zero attached hydrogens (tertiary/aromatic N) is 1. The third-order valence-electron chi connectivity index (χ3n) is 4.62. The Bertz CT molecular complexity index is 1170. The van der Waals surface area contributed by atoms with Crippen molar-refractivity contribution in [1.82, 2.24) is 4.98 Å². The zero-order chi connectivity index (χ0) is 18.4. The number of aromatic nitrogens is 1. The molecule has 0 fully saturated rings. The lowest BCUT2D eigenvalue weighted by Crippen LogP contribution is -2.02. The summed E-state index contributed by atoms with van der Waals surface area (Å²) >= 11 is 0. The average Bonchev–Trinajstić information content (AvgIpc) is 2.98. The van der Waals surface area contributed by atoms with E-state index in [0.29, 0.717) is 28.1 Å². The Morgan fingerprint density at radius 1 is 1.12 bits per heavy atom. The predicted molar refractivity (Wildman–Crippen MR) is 99.9 cm³/mol. The molecule has 0 spiro atoms. The minimum Gasteiger partial charge on any atom is -0.497 e. The molecule has 0 bridgehead atoms. The third kappa shape index (κ3) is 2.40. The summed E-state index contributed by atoms with van der Waals surface area (Å²) in [6.07, 6.45) is 0. The van der Waals surface area contributed by atoms with E-state index in [2.05, 4.69) is 0 Å². The van der Waals surface area contributed by atoms with Crippen LogP contribution in [0.1, 0.15) is 21.5 Å². The van der Waals surface area contributed by atoms with E-state index in [1.165, 1.54) is 0 Å². The highest BCUT2D eigenvalue weighted by molar-refractivity contribution is 6.05. The van der Waals surface area contributed by atoms with Crippen molar-refractivity contribution >= 4 is 27.8 Å². The lowest BCUT2D eigenvalue weighted by Gasteiger charge is -2.10. The van der Waals surface area contributed by atoms with Gasteiger partial charge in [0.15, 0.2) is 5.76 Å². The topological polar surface area (TPSA) is 72.6 Å². The second-order valence-corrected chi connectivity index (χ2v) is 6.25. The monoisotopic (exact) mass is 347 g/mol. The van der Waals surface area contributed by atoms with E-state index in [1.54, 1.807) is 19.2 Å². The van der Waals surface area contributed by atoms with Crippen molar-refractivity contribution in [3.8, 4) is 17.2 Å². The lowest BCUT2D eigenvalue weighted by atomic mass is 10.0. The minimum absolute atomic E-state index is 0.173. The lowest BCUT2D eigenvalue weighted by molar-refractivity contribution is 0.0699. The zero-order valence-corrected chi connectivity index (χ0v) is 14.7. The van der Waals surface area contributed by atoms with E-state index in [9.17, 15) is 9.90 Å². The van der Waals surface area contributed by atoms with Gasteiger partial charge in [-0.15, -0.1) is 0 Å². The molecular formula is C21H17NO4. The summed E-state index contributed by atoms with van der Waals surface area (Å²) in [7, 11) is 1.56. The summed E-state index contributed by atoms with van der Waals surface area (Å²) in [4.78, 5) is 16.6.